The normalized spacial score (nSPS) is 35.0. The minimum absolute atomic E-state index is 0.0174. The molecule has 13 nitrogen and oxygen atoms in total. The lowest BCUT2D eigenvalue weighted by Gasteiger charge is -2.60. The minimum atomic E-state index is -1.41. The Kier molecular flexibility index (Phi) is 10.2. The van der Waals surface area contributed by atoms with Gasteiger partial charge in [0, 0.05) is 61.3 Å². The Morgan fingerprint density at radius 2 is 1.65 bits per heavy atom. The smallest absolute Gasteiger partial charge is 0.407 e. The van der Waals surface area contributed by atoms with Crippen LogP contribution in [-0.4, -0.2) is 145 Å². The third-order valence-corrected chi connectivity index (χ3v) is 12.5. The number of Topliss-reactive ketones (excluding diaryl/α,β-unsaturated/α-hetero) is 3. The molecule has 14 heteroatoms. The number of carbonyl (C=O) groups is 5. The van der Waals surface area contributed by atoms with Gasteiger partial charge in [-0.25, -0.2) is 9.18 Å². The zero-order valence-electron chi connectivity index (χ0n) is 31.3. The standard InChI is InChI=1S/C40H52FN5O8/c1-40(2,3)54-39(51)43-22-9-12-45(20-22)38(50)28-21-46-30-18-25-26(35(48)24-8-5-4-7-23(24)34(25)47)19-31(30)53-37-32(29(41)17-27(33(37)46)36(28)49)42-10-6-11-44-13-15-52-16-14-44/h4-5,7-8,21-22,25-27,29-33,37,42H,6,9-20H2,1-3H3,(H,43,51). The summed E-state index contributed by atoms with van der Waals surface area (Å²) in [6, 6.07) is 4.95. The van der Waals surface area contributed by atoms with Crippen LogP contribution in [-0.2, 0) is 23.8 Å². The van der Waals surface area contributed by atoms with Crippen LogP contribution in [0, 0.1) is 17.8 Å². The predicted octanol–water partition coefficient (Wildman–Crippen LogP) is 2.53. The Morgan fingerprint density at radius 1 is 0.944 bits per heavy atom. The molecule has 0 spiro atoms. The highest BCUT2D eigenvalue weighted by Gasteiger charge is 2.61. The number of halogens is 1. The highest BCUT2D eigenvalue weighted by atomic mass is 19.1. The predicted molar refractivity (Wildman–Crippen MR) is 194 cm³/mol. The van der Waals surface area contributed by atoms with Crippen molar-refractivity contribution in [1.29, 1.82) is 0 Å². The zero-order valence-corrected chi connectivity index (χ0v) is 31.3. The second-order valence-corrected chi connectivity index (χ2v) is 17.0. The van der Waals surface area contributed by atoms with E-state index in [1.54, 1.807) is 56.1 Å². The van der Waals surface area contributed by atoms with Crippen molar-refractivity contribution in [2.75, 3.05) is 52.5 Å². The molecule has 5 fully saturated rings. The number of ketones is 3. The number of morpholine rings is 2. The number of alkyl carbamates (subject to hydrolysis) is 1. The lowest BCUT2D eigenvalue weighted by molar-refractivity contribution is -0.203. The van der Waals surface area contributed by atoms with E-state index in [1.165, 1.54) is 0 Å². The highest BCUT2D eigenvalue weighted by Crippen LogP contribution is 2.50. The lowest BCUT2D eigenvalue weighted by Crippen LogP contribution is -2.73. The molecule has 292 valence electrons. The van der Waals surface area contributed by atoms with Crippen LogP contribution in [0.15, 0.2) is 36.0 Å². The average Bonchev–Trinajstić information content (AvgIpc) is 3.61. The highest BCUT2D eigenvalue weighted by molar-refractivity contribution is 6.21. The fourth-order valence-corrected chi connectivity index (χ4v) is 10.0. The Balaban J connectivity index is 1.06. The van der Waals surface area contributed by atoms with E-state index in [-0.39, 0.29) is 42.6 Å². The molecule has 7 aliphatic rings. The molecule has 0 radical (unpaired) electrons. The van der Waals surface area contributed by atoms with Crippen LogP contribution in [0.1, 0.15) is 73.6 Å². The van der Waals surface area contributed by atoms with Crippen LogP contribution in [0.25, 0.3) is 0 Å². The largest absolute Gasteiger partial charge is 0.444 e. The van der Waals surface area contributed by atoms with E-state index in [2.05, 4.69) is 15.5 Å². The summed E-state index contributed by atoms with van der Waals surface area (Å²) in [6.45, 7) is 10.4. The Morgan fingerprint density at radius 3 is 2.35 bits per heavy atom. The topological polar surface area (TPSA) is 147 Å². The summed E-state index contributed by atoms with van der Waals surface area (Å²) in [5, 5.41) is 6.28. The number of carbonyl (C=O) groups excluding carboxylic acids is 5. The second-order valence-electron chi connectivity index (χ2n) is 17.0. The van der Waals surface area contributed by atoms with Gasteiger partial charge < -0.3 is 34.6 Å². The van der Waals surface area contributed by atoms with Crippen molar-refractivity contribution in [3.63, 3.8) is 0 Å². The average molecular weight is 750 g/mol. The first-order valence-electron chi connectivity index (χ1n) is 19.7. The quantitative estimate of drug-likeness (QED) is 0.313. The fourth-order valence-electron chi connectivity index (χ4n) is 10.0. The van der Waals surface area contributed by atoms with E-state index >= 15 is 4.39 Å². The summed E-state index contributed by atoms with van der Waals surface area (Å²) < 4.78 is 34.2. The number of amides is 2. The molecular formula is C40H52FN5O8. The summed E-state index contributed by atoms with van der Waals surface area (Å²) >= 11 is 0. The monoisotopic (exact) mass is 749 g/mol. The van der Waals surface area contributed by atoms with Gasteiger partial charge >= 0.3 is 6.09 Å². The number of fused-ring (bicyclic) bond motifs is 4. The van der Waals surface area contributed by atoms with Crippen molar-refractivity contribution in [3.05, 3.63) is 47.2 Å². The number of nitrogens with zero attached hydrogens (tertiary/aromatic N) is 3. The number of likely N-dealkylation sites (tertiary alicyclic amines) is 1. The number of hydrogen-bond donors (Lipinski definition) is 2. The maximum absolute atomic E-state index is 16.4. The maximum atomic E-state index is 16.4. The van der Waals surface area contributed by atoms with Gasteiger partial charge in [0.25, 0.3) is 5.91 Å². The summed E-state index contributed by atoms with van der Waals surface area (Å²) in [7, 11) is 0. The number of alkyl halides is 1. The molecule has 3 aliphatic carbocycles. The van der Waals surface area contributed by atoms with Crippen LogP contribution in [0.2, 0.25) is 0 Å². The van der Waals surface area contributed by atoms with Gasteiger partial charge in [0.05, 0.1) is 55.2 Å². The molecule has 2 N–H and O–H groups in total. The molecule has 2 amide bonds. The van der Waals surface area contributed by atoms with Gasteiger partial charge in [0.15, 0.2) is 17.3 Å². The molecule has 10 unspecified atom stereocenters. The van der Waals surface area contributed by atoms with Crippen LogP contribution < -0.4 is 10.6 Å². The molecular weight excluding hydrogens is 697 g/mol. The van der Waals surface area contributed by atoms with Gasteiger partial charge in [0.2, 0.25) is 0 Å². The first kappa shape index (κ1) is 37.2. The maximum Gasteiger partial charge on any atom is 0.407 e. The van der Waals surface area contributed by atoms with E-state index in [0.717, 1.165) is 26.1 Å². The number of benzene rings is 1. The van der Waals surface area contributed by atoms with Gasteiger partial charge in [-0.2, -0.15) is 0 Å². The Bertz CT molecular complexity index is 1710. The van der Waals surface area contributed by atoms with E-state index in [4.69, 9.17) is 14.2 Å². The van der Waals surface area contributed by atoms with E-state index in [9.17, 15) is 24.0 Å². The van der Waals surface area contributed by atoms with Crippen molar-refractivity contribution in [3.8, 4) is 0 Å². The van der Waals surface area contributed by atoms with E-state index in [0.29, 0.717) is 50.3 Å². The van der Waals surface area contributed by atoms with Gasteiger partial charge in [-0.1, -0.05) is 24.3 Å². The molecule has 4 heterocycles. The molecule has 1 aromatic rings. The lowest BCUT2D eigenvalue weighted by atomic mass is 9.63. The van der Waals surface area contributed by atoms with Crippen LogP contribution in [0.3, 0.4) is 0 Å². The van der Waals surface area contributed by atoms with E-state index in [1.807, 2.05) is 4.90 Å². The van der Waals surface area contributed by atoms with Gasteiger partial charge in [-0.3, -0.25) is 24.1 Å². The third kappa shape index (κ3) is 6.99. The van der Waals surface area contributed by atoms with Crippen molar-refractivity contribution in [1.82, 2.24) is 25.3 Å². The first-order valence-corrected chi connectivity index (χ1v) is 19.7. The third-order valence-electron chi connectivity index (χ3n) is 12.5. The van der Waals surface area contributed by atoms with Gasteiger partial charge in [-0.15, -0.1) is 0 Å². The summed E-state index contributed by atoms with van der Waals surface area (Å²) in [5.41, 5.74) is 0.166. The SMILES string of the molecule is CC(C)(C)OC(=O)NC1CCN(C(=O)C2=CN3C4CC5C(=O)c6ccccc6C(=O)C5CC4OC4C(NCCCN5CCOCC5)C(F)CC(C2=O)C43)C1. The van der Waals surface area contributed by atoms with E-state index < -0.39 is 77.6 Å². The molecule has 0 bridgehead atoms. The Labute approximate surface area is 315 Å². The molecule has 8 rings (SSSR count). The van der Waals surface area contributed by atoms with Crippen LogP contribution >= 0.6 is 0 Å². The summed E-state index contributed by atoms with van der Waals surface area (Å²) in [5.74, 6) is -2.99. The molecule has 10 atom stereocenters. The molecule has 0 aromatic heterocycles. The Hall–Kier alpha value is -3.72. The van der Waals surface area contributed by atoms with Crippen molar-refractivity contribution < 1.29 is 42.6 Å². The molecule has 4 aliphatic heterocycles. The minimum Gasteiger partial charge on any atom is -0.444 e. The van der Waals surface area contributed by atoms with Crippen molar-refractivity contribution >= 4 is 29.4 Å². The van der Waals surface area contributed by atoms with Crippen molar-refractivity contribution in [2.45, 2.75) is 101 Å². The van der Waals surface area contributed by atoms with Gasteiger partial charge in [-0.05, 0) is 66.0 Å². The fraction of sp³-hybridized carbons (Fsp3) is 0.675. The van der Waals surface area contributed by atoms with Crippen molar-refractivity contribution in [2.24, 2.45) is 17.8 Å². The molecule has 54 heavy (non-hydrogen) atoms. The van der Waals surface area contributed by atoms with Crippen LogP contribution in [0.5, 0.6) is 0 Å². The first-order chi connectivity index (χ1) is 25.9. The number of nitrogens with one attached hydrogen (secondary N) is 2. The molecule has 2 saturated carbocycles. The van der Waals surface area contributed by atoms with Crippen LogP contribution in [0.4, 0.5) is 9.18 Å². The summed E-state index contributed by atoms with van der Waals surface area (Å²) in [6.07, 6.45) is 0.261. The molecule has 1 aromatic carbocycles. The second kappa shape index (κ2) is 14.7. The number of ether oxygens (including phenoxy) is 3. The summed E-state index contributed by atoms with van der Waals surface area (Å²) in [4.78, 5) is 74.7. The number of rotatable bonds is 7. The number of hydrogen-bond acceptors (Lipinski definition) is 11. The van der Waals surface area contributed by atoms with Gasteiger partial charge in [0.1, 0.15) is 11.8 Å². The zero-order chi connectivity index (χ0) is 37.9. The molecule has 3 saturated heterocycles.